The highest BCUT2D eigenvalue weighted by molar-refractivity contribution is 14.0. The molecule has 1 fully saturated rings. The van der Waals surface area contributed by atoms with E-state index in [1.807, 2.05) is 27.7 Å². The number of nitrogens with zero attached hydrogens (tertiary/aromatic N) is 3. The summed E-state index contributed by atoms with van der Waals surface area (Å²) in [4.78, 5) is 21.4. The van der Waals surface area contributed by atoms with Gasteiger partial charge in [0.15, 0.2) is 5.96 Å². The second kappa shape index (κ2) is 13.0. The van der Waals surface area contributed by atoms with Crippen molar-refractivity contribution in [1.82, 2.24) is 20.9 Å². The molecule has 8 heteroatoms. The van der Waals surface area contributed by atoms with Crippen LogP contribution in [0.4, 0.5) is 5.69 Å². The van der Waals surface area contributed by atoms with E-state index in [1.54, 1.807) is 0 Å². The number of para-hydroxylation sites is 1. The van der Waals surface area contributed by atoms with E-state index in [0.29, 0.717) is 12.0 Å². The summed E-state index contributed by atoms with van der Waals surface area (Å²) in [6, 6.07) is 11.0. The highest BCUT2D eigenvalue weighted by Crippen LogP contribution is 2.16. The van der Waals surface area contributed by atoms with E-state index in [2.05, 4.69) is 68.0 Å². The van der Waals surface area contributed by atoms with E-state index in [4.69, 9.17) is 0 Å². The van der Waals surface area contributed by atoms with Crippen molar-refractivity contribution in [2.24, 2.45) is 4.99 Å². The number of anilines is 1. The Morgan fingerprint density at radius 3 is 2.30 bits per heavy atom. The first-order valence-electron chi connectivity index (χ1n) is 10.7. The summed E-state index contributed by atoms with van der Waals surface area (Å²) < 4.78 is 0. The Kier molecular flexibility index (Phi) is 11.5. The molecule has 0 aromatic heterocycles. The molecular weight excluding hydrogens is 491 g/mol. The van der Waals surface area contributed by atoms with E-state index in [9.17, 15) is 4.79 Å². The van der Waals surface area contributed by atoms with E-state index < -0.39 is 0 Å². The van der Waals surface area contributed by atoms with Crippen LogP contribution < -0.4 is 20.9 Å². The monoisotopic (exact) mass is 530 g/mol. The van der Waals surface area contributed by atoms with Crippen LogP contribution in [0.15, 0.2) is 35.3 Å². The first-order valence-corrected chi connectivity index (χ1v) is 10.7. The molecule has 30 heavy (non-hydrogen) atoms. The van der Waals surface area contributed by atoms with E-state index in [0.717, 1.165) is 39.3 Å². The van der Waals surface area contributed by atoms with Crippen LogP contribution in [0, 0.1) is 0 Å². The minimum atomic E-state index is -0.241. The molecule has 0 spiro atoms. The highest BCUT2D eigenvalue weighted by atomic mass is 127. The Balaban J connectivity index is 0.00000450. The number of rotatable bonds is 7. The first-order chi connectivity index (χ1) is 13.8. The Morgan fingerprint density at radius 2 is 1.73 bits per heavy atom. The summed E-state index contributed by atoms with van der Waals surface area (Å²) >= 11 is 0. The van der Waals surface area contributed by atoms with Gasteiger partial charge in [0.25, 0.3) is 0 Å². The SMILES string of the molecule is CCNC(=NCC(=O)NC(C)(C)C)NCC(C)N1CCN(c2ccccc2)CC1.I. The number of nitrogens with one attached hydrogen (secondary N) is 3. The maximum atomic E-state index is 12.0. The predicted octanol–water partition coefficient (Wildman–Crippen LogP) is 2.28. The van der Waals surface area contributed by atoms with Crippen LogP contribution in [-0.4, -0.2) is 74.2 Å². The molecule has 0 bridgehead atoms. The van der Waals surface area contributed by atoms with Crippen molar-refractivity contribution in [2.45, 2.75) is 46.2 Å². The zero-order chi connectivity index (χ0) is 21.3. The maximum absolute atomic E-state index is 12.0. The van der Waals surface area contributed by atoms with Gasteiger partial charge in [-0.15, -0.1) is 24.0 Å². The fourth-order valence-electron chi connectivity index (χ4n) is 3.38. The topological polar surface area (TPSA) is 72.0 Å². The van der Waals surface area contributed by atoms with Crippen molar-refractivity contribution in [2.75, 3.05) is 50.7 Å². The van der Waals surface area contributed by atoms with Gasteiger partial charge >= 0.3 is 0 Å². The van der Waals surface area contributed by atoms with Crippen molar-refractivity contribution in [1.29, 1.82) is 0 Å². The zero-order valence-corrected chi connectivity index (χ0v) is 21.4. The van der Waals surface area contributed by atoms with Crippen LogP contribution in [0.25, 0.3) is 0 Å². The van der Waals surface area contributed by atoms with Gasteiger partial charge in [0.2, 0.25) is 5.91 Å². The van der Waals surface area contributed by atoms with Crippen molar-refractivity contribution in [3.05, 3.63) is 30.3 Å². The average molecular weight is 530 g/mol. The number of guanidine groups is 1. The van der Waals surface area contributed by atoms with Crippen LogP contribution in [0.5, 0.6) is 0 Å². The molecule has 1 saturated heterocycles. The van der Waals surface area contributed by atoms with Crippen LogP contribution in [0.1, 0.15) is 34.6 Å². The van der Waals surface area contributed by atoms with Crippen molar-refractivity contribution in [3.63, 3.8) is 0 Å². The van der Waals surface area contributed by atoms with E-state index >= 15 is 0 Å². The molecule has 1 heterocycles. The Morgan fingerprint density at radius 1 is 1.10 bits per heavy atom. The molecule has 0 saturated carbocycles. The van der Waals surface area contributed by atoms with Gasteiger partial charge < -0.3 is 20.9 Å². The normalized spacial score (nSPS) is 16.4. The lowest BCUT2D eigenvalue weighted by atomic mass is 10.1. The van der Waals surface area contributed by atoms with Crippen molar-refractivity contribution in [3.8, 4) is 0 Å². The molecule has 1 aliphatic heterocycles. The minimum absolute atomic E-state index is 0. The van der Waals surface area contributed by atoms with Gasteiger partial charge in [0, 0.05) is 56.5 Å². The molecular formula is C22H39IN6O. The number of carbonyl (C=O) groups is 1. The van der Waals surface area contributed by atoms with Crippen LogP contribution in [-0.2, 0) is 4.79 Å². The van der Waals surface area contributed by atoms with Gasteiger partial charge in [-0.05, 0) is 46.8 Å². The molecule has 1 unspecified atom stereocenters. The third-order valence-electron chi connectivity index (χ3n) is 4.86. The van der Waals surface area contributed by atoms with Crippen molar-refractivity contribution >= 4 is 41.5 Å². The number of aliphatic imine (C=N–C) groups is 1. The van der Waals surface area contributed by atoms with Gasteiger partial charge in [0.05, 0.1) is 0 Å². The van der Waals surface area contributed by atoms with E-state index in [1.165, 1.54) is 5.69 Å². The van der Waals surface area contributed by atoms with Gasteiger partial charge in [0.1, 0.15) is 6.54 Å². The summed E-state index contributed by atoms with van der Waals surface area (Å²) in [6.07, 6.45) is 0. The van der Waals surface area contributed by atoms with Crippen LogP contribution in [0.3, 0.4) is 0 Å². The van der Waals surface area contributed by atoms with Crippen LogP contribution in [0.2, 0.25) is 0 Å². The van der Waals surface area contributed by atoms with Gasteiger partial charge in [-0.2, -0.15) is 0 Å². The lowest BCUT2D eigenvalue weighted by Crippen LogP contribution is -2.53. The fraction of sp³-hybridized carbons (Fsp3) is 0.636. The van der Waals surface area contributed by atoms with E-state index in [-0.39, 0.29) is 42.0 Å². The lowest BCUT2D eigenvalue weighted by molar-refractivity contribution is -0.121. The number of carbonyl (C=O) groups excluding carboxylic acids is 1. The maximum Gasteiger partial charge on any atom is 0.242 e. The number of amides is 1. The summed E-state index contributed by atoms with van der Waals surface area (Å²) in [6.45, 7) is 16.0. The molecule has 3 N–H and O–H groups in total. The number of benzene rings is 1. The second-order valence-electron chi connectivity index (χ2n) is 8.58. The molecule has 170 valence electrons. The Hall–Kier alpha value is -1.55. The molecule has 7 nitrogen and oxygen atoms in total. The Bertz CT molecular complexity index is 653. The third kappa shape index (κ3) is 9.51. The molecule has 1 amide bonds. The van der Waals surface area contributed by atoms with Gasteiger partial charge in [-0.1, -0.05) is 18.2 Å². The lowest BCUT2D eigenvalue weighted by Gasteiger charge is -2.39. The van der Waals surface area contributed by atoms with Gasteiger partial charge in [-0.25, -0.2) is 4.99 Å². The standard InChI is InChI=1S/C22H38N6O.HI/c1-6-23-21(25-17-20(29)26-22(3,4)5)24-16-18(2)27-12-14-28(15-13-27)19-10-8-7-9-11-19;/h7-11,18H,6,12-17H2,1-5H3,(H,26,29)(H2,23,24,25);1H. The second-order valence-corrected chi connectivity index (χ2v) is 8.58. The summed E-state index contributed by atoms with van der Waals surface area (Å²) in [5.41, 5.74) is 1.06. The smallest absolute Gasteiger partial charge is 0.242 e. The number of hydrogen-bond acceptors (Lipinski definition) is 4. The molecule has 1 aliphatic rings. The highest BCUT2D eigenvalue weighted by Gasteiger charge is 2.21. The van der Waals surface area contributed by atoms with Crippen LogP contribution >= 0.6 is 24.0 Å². The molecule has 0 radical (unpaired) electrons. The van der Waals surface area contributed by atoms with Gasteiger partial charge in [-0.3, -0.25) is 9.69 Å². The quantitative estimate of drug-likeness (QED) is 0.287. The summed E-state index contributed by atoms with van der Waals surface area (Å²) in [5.74, 6) is 0.617. The first kappa shape index (κ1) is 26.5. The fourth-order valence-corrected chi connectivity index (χ4v) is 3.38. The molecule has 2 rings (SSSR count). The zero-order valence-electron chi connectivity index (χ0n) is 19.1. The summed E-state index contributed by atoms with van der Waals surface area (Å²) in [7, 11) is 0. The summed E-state index contributed by atoms with van der Waals surface area (Å²) in [5, 5.41) is 9.54. The number of halogens is 1. The minimum Gasteiger partial charge on any atom is -0.369 e. The molecule has 1 atom stereocenters. The molecule has 1 aromatic carbocycles. The molecule has 0 aliphatic carbocycles. The predicted molar refractivity (Wildman–Crippen MR) is 137 cm³/mol. The number of piperazine rings is 1. The largest absolute Gasteiger partial charge is 0.369 e. The molecule has 1 aromatic rings. The average Bonchev–Trinajstić information content (AvgIpc) is 2.69. The number of hydrogen-bond donors (Lipinski definition) is 3. The Labute approximate surface area is 199 Å². The van der Waals surface area contributed by atoms with Crippen molar-refractivity contribution < 1.29 is 4.79 Å². The third-order valence-corrected chi connectivity index (χ3v) is 4.86.